The second-order valence-corrected chi connectivity index (χ2v) is 7.02. The van der Waals surface area contributed by atoms with E-state index in [-0.39, 0.29) is 11.5 Å². The molecule has 1 aromatic carbocycles. The van der Waals surface area contributed by atoms with Crippen molar-refractivity contribution in [3.63, 3.8) is 0 Å². The van der Waals surface area contributed by atoms with Crippen molar-refractivity contribution in [1.82, 2.24) is 0 Å². The minimum atomic E-state index is -3.02. The average Bonchev–Trinajstić information content (AvgIpc) is 2.59. The average molecular weight is 249 g/mol. The fraction of sp³-hybridized carbons (Fsp3) is 0.462. The zero-order valence-electron chi connectivity index (χ0n) is 9.81. The van der Waals surface area contributed by atoms with Crippen LogP contribution in [0.3, 0.4) is 0 Å². The highest BCUT2D eigenvalue weighted by molar-refractivity contribution is 7.91. The van der Waals surface area contributed by atoms with Crippen LogP contribution in [-0.2, 0) is 16.3 Å². The molecule has 1 heterocycles. The fourth-order valence-corrected chi connectivity index (χ4v) is 4.36. The van der Waals surface area contributed by atoms with Crippen molar-refractivity contribution in [1.29, 1.82) is 5.26 Å². The second-order valence-electron chi connectivity index (χ2n) is 4.84. The highest BCUT2D eigenvalue weighted by Crippen LogP contribution is 2.35. The molecule has 1 unspecified atom stereocenters. The molecule has 0 radical (unpaired) electrons. The minimum Gasteiger partial charge on any atom is -0.229 e. The summed E-state index contributed by atoms with van der Waals surface area (Å²) in [6, 6.07) is 10.1. The Labute approximate surface area is 102 Å². The van der Waals surface area contributed by atoms with Crippen LogP contribution >= 0.6 is 0 Å². The summed E-state index contributed by atoms with van der Waals surface area (Å²) in [5.74, 6) is 0.150. The molecular formula is C13H15NO2S. The molecule has 1 aliphatic heterocycles. The number of hydrogen-bond donors (Lipinski definition) is 0. The van der Waals surface area contributed by atoms with Crippen LogP contribution in [0.4, 0.5) is 0 Å². The maximum Gasteiger partial charge on any atom is 0.151 e. The van der Waals surface area contributed by atoms with Crippen LogP contribution in [0.25, 0.3) is 0 Å². The number of benzene rings is 1. The van der Waals surface area contributed by atoms with Gasteiger partial charge < -0.3 is 0 Å². The van der Waals surface area contributed by atoms with Gasteiger partial charge in [0.05, 0.1) is 23.0 Å². The molecule has 1 aromatic rings. The molecule has 2 rings (SSSR count). The SMILES string of the molecule is Cc1ccccc1CC1(C#N)CCS(=O)(=O)C1. The Morgan fingerprint density at radius 1 is 1.41 bits per heavy atom. The van der Waals surface area contributed by atoms with E-state index in [9.17, 15) is 13.7 Å². The lowest BCUT2D eigenvalue weighted by atomic mass is 9.81. The maximum absolute atomic E-state index is 11.5. The van der Waals surface area contributed by atoms with Crippen LogP contribution in [0.5, 0.6) is 0 Å². The molecule has 0 saturated carbocycles. The summed E-state index contributed by atoms with van der Waals surface area (Å²) in [7, 11) is -3.02. The van der Waals surface area contributed by atoms with E-state index < -0.39 is 15.3 Å². The van der Waals surface area contributed by atoms with Gasteiger partial charge in [0.1, 0.15) is 0 Å². The summed E-state index contributed by atoms with van der Waals surface area (Å²) >= 11 is 0. The van der Waals surface area contributed by atoms with Gasteiger partial charge in [0, 0.05) is 0 Å². The van der Waals surface area contributed by atoms with Gasteiger partial charge in [0.15, 0.2) is 9.84 Å². The lowest BCUT2D eigenvalue weighted by molar-refractivity contribution is 0.450. The molecule has 90 valence electrons. The molecule has 0 spiro atoms. The molecule has 17 heavy (non-hydrogen) atoms. The predicted molar refractivity (Wildman–Crippen MR) is 66.2 cm³/mol. The third-order valence-electron chi connectivity index (χ3n) is 3.42. The molecule has 0 amide bonds. The van der Waals surface area contributed by atoms with Crippen molar-refractivity contribution in [3.05, 3.63) is 35.4 Å². The smallest absolute Gasteiger partial charge is 0.151 e. The van der Waals surface area contributed by atoms with Crippen LogP contribution in [0, 0.1) is 23.7 Å². The summed E-state index contributed by atoms with van der Waals surface area (Å²) < 4.78 is 23.1. The normalized spacial score (nSPS) is 26.6. The molecular weight excluding hydrogens is 234 g/mol. The van der Waals surface area contributed by atoms with Crippen molar-refractivity contribution in [3.8, 4) is 6.07 Å². The second kappa shape index (κ2) is 4.15. The first-order valence-electron chi connectivity index (χ1n) is 5.63. The number of nitrogens with zero attached hydrogens (tertiary/aromatic N) is 1. The maximum atomic E-state index is 11.5. The van der Waals surface area contributed by atoms with E-state index in [0.29, 0.717) is 12.8 Å². The quantitative estimate of drug-likeness (QED) is 0.804. The lowest BCUT2D eigenvalue weighted by Gasteiger charge is -2.19. The van der Waals surface area contributed by atoms with Crippen molar-refractivity contribution >= 4 is 9.84 Å². The number of nitriles is 1. The molecule has 3 nitrogen and oxygen atoms in total. The molecule has 4 heteroatoms. The van der Waals surface area contributed by atoms with Gasteiger partial charge in [0.2, 0.25) is 0 Å². The van der Waals surface area contributed by atoms with Gasteiger partial charge in [0.25, 0.3) is 0 Å². The number of sulfone groups is 1. The molecule has 0 bridgehead atoms. The lowest BCUT2D eigenvalue weighted by Crippen LogP contribution is -2.23. The zero-order valence-corrected chi connectivity index (χ0v) is 10.6. The van der Waals surface area contributed by atoms with E-state index in [1.165, 1.54) is 0 Å². The van der Waals surface area contributed by atoms with Crippen LogP contribution in [0.15, 0.2) is 24.3 Å². The molecule has 0 aliphatic carbocycles. The van der Waals surface area contributed by atoms with E-state index in [1.807, 2.05) is 31.2 Å². The summed E-state index contributed by atoms with van der Waals surface area (Å²) in [6.45, 7) is 1.99. The summed E-state index contributed by atoms with van der Waals surface area (Å²) in [5, 5.41) is 9.29. The highest BCUT2D eigenvalue weighted by Gasteiger charge is 2.42. The Morgan fingerprint density at radius 2 is 2.12 bits per heavy atom. The standard InChI is InChI=1S/C13H15NO2S/c1-11-4-2-3-5-12(11)8-13(9-14)6-7-17(15,16)10-13/h2-5H,6-8,10H2,1H3. The van der Waals surface area contributed by atoms with E-state index in [4.69, 9.17) is 0 Å². The monoisotopic (exact) mass is 249 g/mol. The van der Waals surface area contributed by atoms with Gasteiger partial charge in [-0.2, -0.15) is 5.26 Å². The number of aryl methyl sites for hydroxylation is 1. The largest absolute Gasteiger partial charge is 0.229 e. The Morgan fingerprint density at radius 3 is 2.65 bits per heavy atom. The Kier molecular flexibility index (Phi) is 2.96. The van der Waals surface area contributed by atoms with Crippen molar-refractivity contribution in [2.24, 2.45) is 5.41 Å². The summed E-state index contributed by atoms with van der Waals surface area (Å²) in [4.78, 5) is 0. The van der Waals surface area contributed by atoms with Gasteiger partial charge in [-0.3, -0.25) is 0 Å². The first-order valence-corrected chi connectivity index (χ1v) is 7.45. The Bertz CT molecular complexity index is 571. The molecule has 1 fully saturated rings. The van der Waals surface area contributed by atoms with Gasteiger partial charge in [-0.15, -0.1) is 0 Å². The predicted octanol–water partition coefficient (Wildman–Crippen LogP) is 1.87. The Hall–Kier alpha value is -1.34. The van der Waals surface area contributed by atoms with Gasteiger partial charge >= 0.3 is 0 Å². The van der Waals surface area contributed by atoms with Gasteiger partial charge in [-0.1, -0.05) is 24.3 Å². The summed E-state index contributed by atoms with van der Waals surface area (Å²) in [6.07, 6.45) is 0.996. The minimum absolute atomic E-state index is 0.00480. The molecule has 1 atom stereocenters. The summed E-state index contributed by atoms with van der Waals surface area (Å²) in [5.41, 5.74) is 1.47. The molecule has 1 saturated heterocycles. The highest BCUT2D eigenvalue weighted by atomic mass is 32.2. The van der Waals surface area contributed by atoms with Gasteiger partial charge in [-0.25, -0.2) is 8.42 Å². The number of hydrogen-bond acceptors (Lipinski definition) is 3. The third kappa shape index (κ3) is 2.50. The molecule has 0 N–H and O–H groups in total. The van der Waals surface area contributed by atoms with Gasteiger partial charge in [-0.05, 0) is 30.9 Å². The van der Waals surface area contributed by atoms with Crippen LogP contribution in [-0.4, -0.2) is 19.9 Å². The zero-order chi connectivity index (χ0) is 12.5. The van der Waals surface area contributed by atoms with E-state index >= 15 is 0 Å². The van der Waals surface area contributed by atoms with E-state index in [0.717, 1.165) is 11.1 Å². The fourth-order valence-electron chi connectivity index (χ4n) is 2.36. The first kappa shape index (κ1) is 12.1. The first-order chi connectivity index (χ1) is 7.96. The van der Waals surface area contributed by atoms with Crippen molar-refractivity contribution in [2.75, 3.05) is 11.5 Å². The van der Waals surface area contributed by atoms with E-state index in [1.54, 1.807) is 0 Å². The third-order valence-corrected chi connectivity index (χ3v) is 5.23. The van der Waals surface area contributed by atoms with Crippen molar-refractivity contribution in [2.45, 2.75) is 19.8 Å². The number of rotatable bonds is 2. The topological polar surface area (TPSA) is 57.9 Å². The molecule has 1 aliphatic rings. The Balaban J connectivity index is 2.29. The van der Waals surface area contributed by atoms with Crippen LogP contribution < -0.4 is 0 Å². The van der Waals surface area contributed by atoms with Crippen LogP contribution in [0.1, 0.15) is 17.5 Å². The molecule has 0 aromatic heterocycles. The van der Waals surface area contributed by atoms with Crippen molar-refractivity contribution < 1.29 is 8.42 Å². The van der Waals surface area contributed by atoms with Crippen LogP contribution in [0.2, 0.25) is 0 Å². The van der Waals surface area contributed by atoms with E-state index in [2.05, 4.69) is 6.07 Å².